The molecule has 2 aromatic rings. The van der Waals surface area contributed by atoms with E-state index in [0.717, 1.165) is 45.8 Å². The molecule has 4 rings (SSSR count). The number of benzene rings is 2. The van der Waals surface area contributed by atoms with Gasteiger partial charge in [-0.1, -0.05) is 35.7 Å². The van der Waals surface area contributed by atoms with Gasteiger partial charge in [0.2, 0.25) is 0 Å². The minimum Gasteiger partial charge on any atom is -0.349 e. The number of carbonyl (C=O) groups is 2. The van der Waals surface area contributed by atoms with Crippen LogP contribution in [-0.2, 0) is 16.0 Å². The molecule has 2 aliphatic rings. The first-order valence-corrected chi connectivity index (χ1v) is 11.7. The number of ketones is 2. The standard InChI is InChI=1S/C23H16F6N2O2S2/c1-10-3-12(6-14-20(10)30-18(34-14)8-16(32)22(24,25)26)5-13-4-11(2)21-15(7-13)35-19(31-21)9-17(33)23(27,28)29/h3-4,6-9,30-31H,5H2,1-2H3/b18-8+,19-9+. The van der Waals surface area contributed by atoms with E-state index in [1.807, 2.05) is 24.3 Å². The number of rotatable bonds is 4. The van der Waals surface area contributed by atoms with Crippen LogP contribution in [0.5, 0.6) is 0 Å². The molecule has 0 fully saturated rings. The van der Waals surface area contributed by atoms with E-state index in [2.05, 4.69) is 10.6 Å². The van der Waals surface area contributed by atoms with E-state index < -0.39 is 23.9 Å². The average Bonchev–Trinajstić information content (AvgIpc) is 3.30. The van der Waals surface area contributed by atoms with Crippen molar-refractivity contribution in [3.63, 3.8) is 0 Å². The predicted molar refractivity (Wildman–Crippen MR) is 122 cm³/mol. The van der Waals surface area contributed by atoms with E-state index in [-0.39, 0.29) is 10.1 Å². The highest BCUT2D eigenvalue weighted by Gasteiger charge is 2.38. The number of hydrogen-bond acceptors (Lipinski definition) is 6. The van der Waals surface area contributed by atoms with Gasteiger partial charge in [-0.2, -0.15) is 26.3 Å². The van der Waals surface area contributed by atoms with Gasteiger partial charge in [0.05, 0.1) is 21.4 Å². The van der Waals surface area contributed by atoms with Crippen LogP contribution in [0.25, 0.3) is 0 Å². The van der Waals surface area contributed by atoms with Gasteiger partial charge in [-0.25, -0.2) is 0 Å². The van der Waals surface area contributed by atoms with Crippen molar-refractivity contribution in [2.45, 2.75) is 42.4 Å². The number of halogens is 6. The van der Waals surface area contributed by atoms with Gasteiger partial charge in [0, 0.05) is 21.9 Å². The fraction of sp³-hybridized carbons (Fsp3) is 0.217. The summed E-state index contributed by atoms with van der Waals surface area (Å²) < 4.78 is 75.5. The zero-order valence-electron chi connectivity index (χ0n) is 18.1. The van der Waals surface area contributed by atoms with Crippen molar-refractivity contribution in [2.24, 2.45) is 0 Å². The van der Waals surface area contributed by atoms with Gasteiger partial charge in [-0.15, -0.1) is 0 Å². The molecule has 12 heteroatoms. The molecule has 0 amide bonds. The number of alkyl halides is 6. The van der Waals surface area contributed by atoms with Crippen LogP contribution in [0.15, 0.2) is 56.3 Å². The average molecular weight is 531 g/mol. The molecule has 35 heavy (non-hydrogen) atoms. The van der Waals surface area contributed by atoms with E-state index in [9.17, 15) is 35.9 Å². The molecule has 0 radical (unpaired) electrons. The molecule has 184 valence electrons. The Kier molecular flexibility index (Phi) is 6.47. The number of fused-ring (bicyclic) bond motifs is 2. The Morgan fingerprint density at radius 2 is 1.11 bits per heavy atom. The van der Waals surface area contributed by atoms with Crippen LogP contribution >= 0.6 is 23.5 Å². The third-order valence-electron chi connectivity index (χ3n) is 5.15. The molecule has 0 atom stereocenters. The second-order valence-corrected chi connectivity index (χ2v) is 10.1. The third kappa shape index (κ3) is 5.53. The summed E-state index contributed by atoms with van der Waals surface area (Å²) in [6.07, 6.45) is -8.36. The SMILES string of the molecule is Cc1cc(Cc2cc(C)c3c(c2)S/C(=C/C(=O)C(F)(F)F)N3)cc2c1N/C(=C\C(=O)C(F)(F)F)S2. The second kappa shape index (κ2) is 8.98. The lowest BCUT2D eigenvalue weighted by atomic mass is 10.00. The van der Waals surface area contributed by atoms with Crippen molar-refractivity contribution in [1.82, 2.24) is 0 Å². The molecule has 2 aromatic carbocycles. The van der Waals surface area contributed by atoms with Gasteiger partial charge < -0.3 is 10.6 Å². The van der Waals surface area contributed by atoms with Crippen LogP contribution in [0.1, 0.15) is 22.3 Å². The molecule has 0 bridgehead atoms. The summed E-state index contributed by atoms with van der Waals surface area (Å²) in [4.78, 5) is 23.9. The maximum Gasteiger partial charge on any atom is 0.454 e. The number of aryl methyl sites for hydroxylation is 2. The highest BCUT2D eigenvalue weighted by molar-refractivity contribution is 8.04. The quantitative estimate of drug-likeness (QED) is 0.332. The largest absolute Gasteiger partial charge is 0.454 e. The van der Waals surface area contributed by atoms with E-state index >= 15 is 0 Å². The summed E-state index contributed by atoms with van der Waals surface area (Å²) in [6, 6.07) is 7.39. The van der Waals surface area contributed by atoms with Crippen molar-refractivity contribution in [1.29, 1.82) is 0 Å². The van der Waals surface area contributed by atoms with Crippen LogP contribution in [-0.4, -0.2) is 23.9 Å². The van der Waals surface area contributed by atoms with Crippen LogP contribution in [0.4, 0.5) is 37.7 Å². The van der Waals surface area contributed by atoms with Crippen LogP contribution < -0.4 is 10.6 Å². The maximum atomic E-state index is 12.6. The predicted octanol–water partition coefficient (Wildman–Crippen LogP) is 6.88. The summed E-state index contributed by atoms with van der Waals surface area (Å²) in [5.74, 6) is -3.88. The molecule has 0 saturated carbocycles. The number of thioether (sulfide) groups is 2. The summed E-state index contributed by atoms with van der Waals surface area (Å²) >= 11 is 2.07. The molecule has 2 N–H and O–H groups in total. The van der Waals surface area contributed by atoms with Gasteiger partial charge >= 0.3 is 12.4 Å². The Morgan fingerprint density at radius 1 is 0.743 bits per heavy atom. The monoisotopic (exact) mass is 530 g/mol. The molecule has 0 spiro atoms. The lowest BCUT2D eigenvalue weighted by molar-refractivity contribution is -0.165. The molecular formula is C23H16F6N2O2S2. The van der Waals surface area contributed by atoms with Gasteiger partial charge in [-0.05, 0) is 54.7 Å². The number of nitrogens with one attached hydrogen (secondary N) is 2. The fourth-order valence-electron chi connectivity index (χ4n) is 3.64. The second-order valence-electron chi connectivity index (χ2n) is 7.94. The molecule has 0 saturated heterocycles. The minimum absolute atomic E-state index is 0.0890. The molecule has 0 aliphatic carbocycles. The molecule has 0 unspecified atom stereocenters. The van der Waals surface area contributed by atoms with Crippen LogP contribution in [0, 0.1) is 13.8 Å². The van der Waals surface area contributed by atoms with Crippen molar-refractivity contribution < 1.29 is 35.9 Å². The normalized spacial score (nSPS) is 17.3. The Labute approximate surface area is 204 Å². The van der Waals surface area contributed by atoms with Crippen LogP contribution in [0.3, 0.4) is 0 Å². The smallest absolute Gasteiger partial charge is 0.349 e. The Balaban J connectivity index is 1.54. The summed E-state index contributed by atoms with van der Waals surface area (Å²) in [7, 11) is 0. The van der Waals surface area contributed by atoms with E-state index in [0.29, 0.717) is 39.7 Å². The summed E-state index contributed by atoms with van der Waals surface area (Å²) in [5.41, 5.74) is 4.59. The number of anilines is 2. The van der Waals surface area contributed by atoms with Crippen molar-refractivity contribution >= 4 is 46.5 Å². The van der Waals surface area contributed by atoms with Gasteiger partial charge in [0.25, 0.3) is 11.6 Å². The minimum atomic E-state index is -4.95. The Bertz CT molecular complexity index is 1210. The van der Waals surface area contributed by atoms with Gasteiger partial charge in [-0.3, -0.25) is 9.59 Å². The van der Waals surface area contributed by atoms with E-state index in [1.54, 1.807) is 13.8 Å². The zero-order valence-corrected chi connectivity index (χ0v) is 19.7. The van der Waals surface area contributed by atoms with Gasteiger partial charge in [0.15, 0.2) is 0 Å². The third-order valence-corrected chi connectivity index (χ3v) is 7.11. The Morgan fingerprint density at radius 3 is 1.46 bits per heavy atom. The lowest BCUT2D eigenvalue weighted by Gasteiger charge is -2.10. The molecule has 0 aromatic heterocycles. The zero-order chi connectivity index (χ0) is 25.7. The van der Waals surface area contributed by atoms with Crippen LogP contribution in [0.2, 0.25) is 0 Å². The van der Waals surface area contributed by atoms with E-state index in [4.69, 9.17) is 0 Å². The van der Waals surface area contributed by atoms with Crippen molar-refractivity contribution in [3.05, 3.63) is 68.7 Å². The highest BCUT2D eigenvalue weighted by Crippen LogP contribution is 2.46. The Hall–Kier alpha value is -2.86. The molecular weight excluding hydrogens is 514 g/mol. The summed E-state index contributed by atoms with van der Waals surface area (Å²) in [5, 5.41) is 5.88. The summed E-state index contributed by atoms with van der Waals surface area (Å²) in [6.45, 7) is 3.60. The molecule has 2 heterocycles. The topological polar surface area (TPSA) is 58.2 Å². The van der Waals surface area contributed by atoms with Gasteiger partial charge in [0.1, 0.15) is 0 Å². The first-order chi connectivity index (χ1) is 16.2. The number of hydrogen-bond donors (Lipinski definition) is 2. The first kappa shape index (κ1) is 25.2. The number of allylic oxidation sites excluding steroid dienone is 2. The van der Waals surface area contributed by atoms with Crippen molar-refractivity contribution in [2.75, 3.05) is 10.6 Å². The highest BCUT2D eigenvalue weighted by atomic mass is 32.2. The van der Waals surface area contributed by atoms with Crippen molar-refractivity contribution in [3.8, 4) is 0 Å². The van der Waals surface area contributed by atoms with E-state index in [1.165, 1.54) is 0 Å². The maximum absolute atomic E-state index is 12.6. The first-order valence-electron chi connectivity index (χ1n) is 10.0. The molecule has 2 aliphatic heterocycles. The lowest BCUT2D eigenvalue weighted by Crippen LogP contribution is -2.20. The fourth-order valence-corrected chi connectivity index (χ4v) is 5.80. The molecule has 4 nitrogen and oxygen atoms in total. The number of carbonyl (C=O) groups excluding carboxylic acids is 2.